The first kappa shape index (κ1) is 23.4. The molecule has 2 atom stereocenters. The van der Waals surface area contributed by atoms with E-state index < -0.39 is 0 Å². The van der Waals surface area contributed by atoms with Crippen LogP contribution in [0.3, 0.4) is 0 Å². The molecule has 2 heterocycles. The van der Waals surface area contributed by atoms with Crippen LogP contribution in [0.4, 0.5) is 0 Å². The summed E-state index contributed by atoms with van der Waals surface area (Å²) in [5, 5.41) is 7.28. The van der Waals surface area contributed by atoms with E-state index in [1.807, 2.05) is 62.4 Å². The number of carbonyl (C=O) groups is 1. The third-order valence-corrected chi connectivity index (χ3v) is 6.38. The largest absolute Gasteiger partial charge is 0.494 e. The van der Waals surface area contributed by atoms with Gasteiger partial charge in [0.05, 0.1) is 25.1 Å². The van der Waals surface area contributed by atoms with Gasteiger partial charge in [0.15, 0.2) is 0 Å². The van der Waals surface area contributed by atoms with Crippen molar-refractivity contribution < 1.29 is 14.1 Å². The lowest BCUT2D eigenvalue weighted by molar-refractivity contribution is -0.127. The van der Waals surface area contributed by atoms with E-state index >= 15 is 0 Å². The van der Waals surface area contributed by atoms with Gasteiger partial charge in [0.1, 0.15) is 5.75 Å². The molecule has 0 saturated carbocycles. The molecule has 1 N–H and O–H groups in total. The molecule has 2 unspecified atom stereocenters. The van der Waals surface area contributed by atoms with Gasteiger partial charge in [-0.2, -0.15) is 4.98 Å². The zero-order chi connectivity index (χ0) is 23.2. The molecular weight excluding hydrogens is 484 g/mol. The predicted octanol–water partition coefficient (Wildman–Crippen LogP) is 4.99. The lowest BCUT2D eigenvalue weighted by atomic mass is 9.96. The Balaban J connectivity index is 1.31. The summed E-state index contributed by atoms with van der Waals surface area (Å²) < 4.78 is 12.0. The lowest BCUT2D eigenvalue weighted by Gasteiger charge is -2.31. The van der Waals surface area contributed by atoms with E-state index in [9.17, 15) is 4.79 Å². The van der Waals surface area contributed by atoms with Gasteiger partial charge in [0.25, 0.3) is 0 Å². The van der Waals surface area contributed by atoms with E-state index in [0.29, 0.717) is 31.4 Å². The SMILES string of the molecule is CCOc1ccc(C(C)NC(=O)C2CCCN(Cc3nc(-c4ccc(Br)cc4)no3)C2)cc1. The molecule has 0 aliphatic carbocycles. The minimum absolute atomic E-state index is 0.0576. The summed E-state index contributed by atoms with van der Waals surface area (Å²) in [5.41, 5.74) is 1.97. The number of nitrogens with one attached hydrogen (secondary N) is 1. The zero-order valence-corrected chi connectivity index (χ0v) is 20.5. The molecule has 33 heavy (non-hydrogen) atoms. The second kappa shape index (κ2) is 10.9. The van der Waals surface area contributed by atoms with Crippen LogP contribution in [0, 0.1) is 5.92 Å². The summed E-state index contributed by atoms with van der Waals surface area (Å²) in [6.07, 6.45) is 1.84. The fraction of sp³-hybridized carbons (Fsp3) is 0.400. The van der Waals surface area contributed by atoms with Gasteiger partial charge in [-0.3, -0.25) is 9.69 Å². The maximum Gasteiger partial charge on any atom is 0.241 e. The van der Waals surface area contributed by atoms with Crippen molar-refractivity contribution in [3.63, 3.8) is 0 Å². The smallest absolute Gasteiger partial charge is 0.241 e. The van der Waals surface area contributed by atoms with Crippen LogP contribution in [0.1, 0.15) is 44.2 Å². The van der Waals surface area contributed by atoms with Gasteiger partial charge in [-0.05, 0) is 75.2 Å². The molecule has 4 rings (SSSR count). The fourth-order valence-electron chi connectivity index (χ4n) is 4.07. The van der Waals surface area contributed by atoms with Crippen molar-refractivity contribution in [2.24, 2.45) is 5.92 Å². The molecule has 1 aromatic heterocycles. The number of benzene rings is 2. The first-order valence-electron chi connectivity index (χ1n) is 11.4. The van der Waals surface area contributed by atoms with Crippen LogP contribution in [-0.2, 0) is 11.3 Å². The topological polar surface area (TPSA) is 80.5 Å². The summed E-state index contributed by atoms with van der Waals surface area (Å²) in [5.74, 6) is 2.01. The van der Waals surface area contributed by atoms with Gasteiger partial charge >= 0.3 is 0 Å². The Morgan fingerprint density at radius 1 is 1.24 bits per heavy atom. The van der Waals surface area contributed by atoms with E-state index in [0.717, 1.165) is 40.7 Å². The minimum Gasteiger partial charge on any atom is -0.494 e. The second-order valence-corrected chi connectivity index (χ2v) is 9.24. The van der Waals surface area contributed by atoms with E-state index in [2.05, 4.69) is 36.3 Å². The number of hydrogen-bond acceptors (Lipinski definition) is 6. The average molecular weight is 513 g/mol. The Labute approximate surface area is 202 Å². The van der Waals surface area contributed by atoms with Crippen molar-refractivity contribution in [1.29, 1.82) is 0 Å². The maximum absolute atomic E-state index is 12.9. The van der Waals surface area contributed by atoms with Crippen LogP contribution in [-0.4, -0.2) is 40.6 Å². The summed E-state index contributed by atoms with van der Waals surface area (Å²) in [6.45, 7) is 6.74. The first-order valence-corrected chi connectivity index (χ1v) is 12.1. The van der Waals surface area contributed by atoms with Crippen molar-refractivity contribution >= 4 is 21.8 Å². The molecule has 7 nitrogen and oxygen atoms in total. The summed E-state index contributed by atoms with van der Waals surface area (Å²) in [6, 6.07) is 15.6. The monoisotopic (exact) mass is 512 g/mol. The average Bonchev–Trinajstić information content (AvgIpc) is 3.28. The summed E-state index contributed by atoms with van der Waals surface area (Å²) in [7, 11) is 0. The standard InChI is InChI=1S/C25H29BrN4O3/c1-3-32-22-12-8-18(9-13-22)17(2)27-25(31)20-5-4-14-30(15-20)16-23-28-24(29-33-23)19-6-10-21(26)11-7-19/h6-13,17,20H,3-5,14-16H2,1-2H3,(H,27,31). The van der Waals surface area contributed by atoms with Gasteiger partial charge in [0, 0.05) is 16.6 Å². The normalized spacial score (nSPS) is 17.5. The van der Waals surface area contributed by atoms with Crippen molar-refractivity contribution in [3.05, 3.63) is 64.5 Å². The zero-order valence-electron chi connectivity index (χ0n) is 19.0. The molecule has 1 saturated heterocycles. The lowest BCUT2D eigenvalue weighted by Crippen LogP contribution is -2.43. The highest BCUT2D eigenvalue weighted by atomic mass is 79.9. The van der Waals surface area contributed by atoms with Crippen LogP contribution in [0.25, 0.3) is 11.4 Å². The Hall–Kier alpha value is -2.71. The van der Waals surface area contributed by atoms with Crippen LogP contribution in [0.15, 0.2) is 57.5 Å². The number of carbonyl (C=O) groups excluding carboxylic acids is 1. The molecule has 0 radical (unpaired) electrons. The molecule has 0 bridgehead atoms. The van der Waals surface area contributed by atoms with Crippen LogP contribution < -0.4 is 10.1 Å². The number of likely N-dealkylation sites (tertiary alicyclic amines) is 1. The molecule has 3 aromatic rings. The highest BCUT2D eigenvalue weighted by Crippen LogP contribution is 2.23. The summed E-state index contributed by atoms with van der Waals surface area (Å²) in [4.78, 5) is 19.7. The molecule has 8 heteroatoms. The van der Waals surface area contributed by atoms with Gasteiger partial charge in [-0.25, -0.2) is 0 Å². The van der Waals surface area contributed by atoms with E-state index in [-0.39, 0.29) is 17.9 Å². The van der Waals surface area contributed by atoms with Crippen molar-refractivity contribution in [1.82, 2.24) is 20.4 Å². The number of halogens is 1. The van der Waals surface area contributed by atoms with Gasteiger partial charge in [0.2, 0.25) is 17.6 Å². The van der Waals surface area contributed by atoms with Crippen molar-refractivity contribution in [2.75, 3.05) is 19.7 Å². The number of rotatable bonds is 8. The van der Waals surface area contributed by atoms with Crippen molar-refractivity contribution in [2.45, 2.75) is 39.3 Å². The molecule has 0 spiro atoms. The number of piperidine rings is 1. The number of nitrogens with zero attached hydrogens (tertiary/aromatic N) is 3. The number of aromatic nitrogens is 2. The van der Waals surface area contributed by atoms with E-state index in [4.69, 9.17) is 9.26 Å². The van der Waals surface area contributed by atoms with Crippen LogP contribution >= 0.6 is 15.9 Å². The molecule has 1 amide bonds. The minimum atomic E-state index is -0.0621. The quantitative estimate of drug-likeness (QED) is 0.458. The predicted molar refractivity (Wildman–Crippen MR) is 130 cm³/mol. The van der Waals surface area contributed by atoms with Crippen LogP contribution in [0.2, 0.25) is 0 Å². The van der Waals surface area contributed by atoms with Gasteiger partial charge in [-0.15, -0.1) is 0 Å². The Bertz CT molecular complexity index is 1050. The van der Waals surface area contributed by atoms with Crippen LogP contribution in [0.5, 0.6) is 5.75 Å². The highest BCUT2D eigenvalue weighted by Gasteiger charge is 2.28. The number of amides is 1. The van der Waals surface area contributed by atoms with Crippen molar-refractivity contribution in [3.8, 4) is 17.1 Å². The second-order valence-electron chi connectivity index (χ2n) is 8.33. The fourth-order valence-corrected chi connectivity index (χ4v) is 4.34. The third-order valence-electron chi connectivity index (χ3n) is 5.86. The highest BCUT2D eigenvalue weighted by molar-refractivity contribution is 9.10. The number of hydrogen-bond donors (Lipinski definition) is 1. The molecule has 1 aliphatic rings. The molecule has 1 aliphatic heterocycles. The Morgan fingerprint density at radius 2 is 2.00 bits per heavy atom. The Morgan fingerprint density at radius 3 is 2.73 bits per heavy atom. The van der Waals surface area contributed by atoms with Gasteiger partial charge in [-0.1, -0.05) is 33.2 Å². The van der Waals surface area contributed by atoms with E-state index in [1.165, 1.54) is 0 Å². The molecular formula is C25H29BrN4O3. The molecule has 1 fully saturated rings. The number of ether oxygens (including phenoxy) is 1. The molecule has 174 valence electrons. The van der Waals surface area contributed by atoms with E-state index in [1.54, 1.807) is 0 Å². The third kappa shape index (κ3) is 6.21. The van der Waals surface area contributed by atoms with Gasteiger partial charge < -0.3 is 14.6 Å². The maximum atomic E-state index is 12.9. The molecule has 2 aromatic carbocycles. The first-order chi connectivity index (χ1) is 16.0. The summed E-state index contributed by atoms with van der Waals surface area (Å²) >= 11 is 3.43. The Kier molecular flexibility index (Phi) is 7.77.